The van der Waals surface area contributed by atoms with Crippen molar-refractivity contribution < 1.29 is 13.9 Å². The highest BCUT2D eigenvalue weighted by atomic mass is 19.1. The van der Waals surface area contributed by atoms with Crippen molar-refractivity contribution >= 4 is 0 Å². The summed E-state index contributed by atoms with van der Waals surface area (Å²) in [5.74, 6) is 0.807. The first-order chi connectivity index (χ1) is 9.29. The number of hydrogen-bond donors (Lipinski definition) is 1. The summed E-state index contributed by atoms with van der Waals surface area (Å²) in [5, 5.41) is 3.50. The normalized spacial score (nSPS) is 20.4. The van der Waals surface area contributed by atoms with Crippen LogP contribution in [0.2, 0.25) is 0 Å². The molecule has 1 saturated heterocycles. The van der Waals surface area contributed by atoms with E-state index in [0.29, 0.717) is 18.3 Å². The second-order valence-corrected chi connectivity index (χ2v) is 4.95. The minimum atomic E-state index is -0.264. The third kappa shape index (κ3) is 4.48. The molecule has 0 bridgehead atoms. The second kappa shape index (κ2) is 7.46. The number of ether oxygens (including phenoxy) is 2. The molecule has 0 aliphatic carbocycles. The highest BCUT2D eigenvalue weighted by Crippen LogP contribution is 2.19. The van der Waals surface area contributed by atoms with Crippen LogP contribution in [0.3, 0.4) is 0 Å². The molecule has 2 rings (SSSR count). The molecule has 0 spiro atoms. The predicted octanol–water partition coefficient (Wildman–Crippen LogP) is 2.61. The van der Waals surface area contributed by atoms with Crippen LogP contribution in [0.25, 0.3) is 0 Å². The fourth-order valence-electron chi connectivity index (χ4n) is 2.30. The van der Waals surface area contributed by atoms with E-state index < -0.39 is 0 Å². The monoisotopic (exact) mass is 267 g/mol. The van der Waals surface area contributed by atoms with Crippen molar-refractivity contribution in [2.45, 2.75) is 25.8 Å². The molecule has 1 heterocycles. The zero-order valence-electron chi connectivity index (χ0n) is 11.4. The standard InChI is InChI=1S/C15H22FNO2/c1-2-7-17-15(12-6-8-18-10-12)11-19-14-5-3-4-13(16)9-14/h3-5,9,12,15,17H,2,6-8,10-11H2,1H3. The number of benzene rings is 1. The topological polar surface area (TPSA) is 30.5 Å². The van der Waals surface area contributed by atoms with Gasteiger partial charge in [-0.3, -0.25) is 0 Å². The Balaban J connectivity index is 1.88. The molecule has 4 heteroatoms. The summed E-state index contributed by atoms with van der Waals surface area (Å²) in [6.07, 6.45) is 2.15. The molecule has 106 valence electrons. The maximum atomic E-state index is 13.1. The first kappa shape index (κ1) is 14.3. The quantitative estimate of drug-likeness (QED) is 0.823. The minimum Gasteiger partial charge on any atom is -0.492 e. The summed E-state index contributed by atoms with van der Waals surface area (Å²) in [5.41, 5.74) is 0. The van der Waals surface area contributed by atoms with Crippen molar-refractivity contribution in [2.75, 3.05) is 26.4 Å². The van der Waals surface area contributed by atoms with Gasteiger partial charge in [0, 0.05) is 24.6 Å². The number of rotatable bonds is 7. The molecular weight excluding hydrogens is 245 g/mol. The number of halogens is 1. The lowest BCUT2D eigenvalue weighted by atomic mass is 9.99. The second-order valence-electron chi connectivity index (χ2n) is 4.95. The van der Waals surface area contributed by atoms with Crippen molar-refractivity contribution in [3.05, 3.63) is 30.1 Å². The minimum absolute atomic E-state index is 0.264. The maximum absolute atomic E-state index is 13.1. The lowest BCUT2D eigenvalue weighted by Crippen LogP contribution is -2.41. The molecule has 0 radical (unpaired) electrons. The molecule has 0 amide bonds. The van der Waals surface area contributed by atoms with Crippen LogP contribution in [0.5, 0.6) is 5.75 Å². The van der Waals surface area contributed by atoms with Crippen molar-refractivity contribution in [1.82, 2.24) is 5.32 Å². The largest absolute Gasteiger partial charge is 0.492 e. The van der Waals surface area contributed by atoms with Crippen molar-refractivity contribution in [1.29, 1.82) is 0 Å². The first-order valence-corrected chi connectivity index (χ1v) is 6.99. The van der Waals surface area contributed by atoms with Gasteiger partial charge < -0.3 is 14.8 Å². The molecule has 1 aromatic carbocycles. The van der Waals surface area contributed by atoms with Gasteiger partial charge in [0.25, 0.3) is 0 Å². The van der Waals surface area contributed by atoms with Gasteiger partial charge in [-0.25, -0.2) is 4.39 Å². The lowest BCUT2D eigenvalue weighted by Gasteiger charge is -2.24. The Hall–Kier alpha value is -1.13. The van der Waals surface area contributed by atoms with Gasteiger partial charge in [-0.15, -0.1) is 0 Å². The Bertz CT molecular complexity index is 380. The number of nitrogens with one attached hydrogen (secondary N) is 1. The third-order valence-electron chi connectivity index (χ3n) is 3.42. The molecule has 1 aliphatic heterocycles. The van der Waals surface area contributed by atoms with Gasteiger partial charge in [-0.1, -0.05) is 13.0 Å². The van der Waals surface area contributed by atoms with E-state index >= 15 is 0 Å². The maximum Gasteiger partial charge on any atom is 0.126 e. The average molecular weight is 267 g/mol. The third-order valence-corrected chi connectivity index (χ3v) is 3.42. The Morgan fingerprint density at radius 2 is 2.42 bits per heavy atom. The molecule has 2 atom stereocenters. The molecule has 2 unspecified atom stereocenters. The molecule has 1 aromatic rings. The van der Waals surface area contributed by atoms with Gasteiger partial charge in [-0.2, -0.15) is 0 Å². The van der Waals surface area contributed by atoms with Crippen molar-refractivity contribution in [3.63, 3.8) is 0 Å². The fraction of sp³-hybridized carbons (Fsp3) is 0.600. The van der Waals surface area contributed by atoms with Crippen LogP contribution < -0.4 is 10.1 Å². The summed E-state index contributed by atoms with van der Waals surface area (Å²) in [4.78, 5) is 0. The van der Waals surface area contributed by atoms with Crippen LogP contribution in [-0.4, -0.2) is 32.4 Å². The van der Waals surface area contributed by atoms with Crippen molar-refractivity contribution in [2.24, 2.45) is 5.92 Å². The zero-order valence-corrected chi connectivity index (χ0v) is 11.4. The van der Waals surface area contributed by atoms with Gasteiger partial charge in [0.05, 0.1) is 6.61 Å². The molecule has 1 fully saturated rings. The summed E-state index contributed by atoms with van der Waals surface area (Å²) < 4.78 is 24.2. The summed E-state index contributed by atoms with van der Waals surface area (Å²) in [7, 11) is 0. The van der Waals surface area contributed by atoms with E-state index in [0.717, 1.165) is 32.6 Å². The van der Waals surface area contributed by atoms with Crippen LogP contribution in [0, 0.1) is 11.7 Å². The van der Waals surface area contributed by atoms with E-state index in [2.05, 4.69) is 12.2 Å². The Morgan fingerprint density at radius 3 is 3.11 bits per heavy atom. The van der Waals surface area contributed by atoms with Crippen molar-refractivity contribution in [3.8, 4) is 5.75 Å². The SMILES string of the molecule is CCCNC(COc1cccc(F)c1)C1CCOC1. The van der Waals surface area contributed by atoms with E-state index in [-0.39, 0.29) is 11.9 Å². The highest BCUT2D eigenvalue weighted by molar-refractivity contribution is 5.22. The number of hydrogen-bond acceptors (Lipinski definition) is 3. The first-order valence-electron chi connectivity index (χ1n) is 6.99. The fourth-order valence-corrected chi connectivity index (χ4v) is 2.30. The molecule has 3 nitrogen and oxygen atoms in total. The van der Waals surface area contributed by atoms with E-state index in [9.17, 15) is 4.39 Å². The van der Waals surface area contributed by atoms with Gasteiger partial charge >= 0.3 is 0 Å². The van der Waals surface area contributed by atoms with Gasteiger partial charge in [0.2, 0.25) is 0 Å². The van der Waals surface area contributed by atoms with Crippen LogP contribution in [0.4, 0.5) is 4.39 Å². The molecule has 1 N–H and O–H groups in total. The molecule has 0 saturated carbocycles. The molecule has 0 aromatic heterocycles. The predicted molar refractivity (Wildman–Crippen MR) is 72.9 cm³/mol. The van der Waals surface area contributed by atoms with Crippen LogP contribution >= 0.6 is 0 Å². The summed E-state index contributed by atoms with van der Waals surface area (Å²) >= 11 is 0. The smallest absolute Gasteiger partial charge is 0.126 e. The Morgan fingerprint density at radius 1 is 1.53 bits per heavy atom. The summed E-state index contributed by atoms with van der Waals surface area (Å²) in [6, 6.07) is 6.56. The van der Waals surface area contributed by atoms with E-state index in [1.807, 2.05) is 0 Å². The Labute approximate surface area is 114 Å². The van der Waals surface area contributed by atoms with E-state index in [1.165, 1.54) is 12.1 Å². The van der Waals surface area contributed by atoms with Crippen LogP contribution in [0.15, 0.2) is 24.3 Å². The summed E-state index contributed by atoms with van der Waals surface area (Å²) in [6.45, 7) is 5.27. The van der Waals surface area contributed by atoms with Crippen LogP contribution in [0.1, 0.15) is 19.8 Å². The van der Waals surface area contributed by atoms with E-state index in [4.69, 9.17) is 9.47 Å². The zero-order chi connectivity index (χ0) is 13.5. The molecule has 19 heavy (non-hydrogen) atoms. The van der Waals surface area contributed by atoms with Gasteiger partial charge in [0.1, 0.15) is 18.2 Å². The molecule has 1 aliphatic rings. The van der Waals surface area contributed by atoms with Gasteiger partial charge in [0.15, 0.2) is 0 Å². The average Bonchev–Trinajstić information content (AvgIpc) is 2.93. The molecular formula is C15H22FNO2. The Kier molecular flexibility index (Phi) is 5.61. The lowest BCUT2D eigenvalue weighted by molar-refractivity contribution is 0.160. The van der Waals surface area contributed by atoms with E-state index in [1.54, 1.807) is 12.1 Å². The highest BCUT2D eigenvalue weighted by Gasteiger charge is 2.25. The van der Waals surface area contributed by atoms with Crippen LogP contribution in [-0.2, 0) is 4.74 Å². The van der Waals surface area contributed by atoms with Gasteiger partial charge in [-0.05, 0) is 31.5 Å².